The second-order valence-electron chi connectivity index (χ2n) is 9.32. The monoisotopic (exact) mass is 596 g/mol. The Balaban J connectivity index is 1.90. The number of ether oxygens (including phenoxy) is 2. The molecule has 41 heavy (non-hydrogen) atoms. The van der Waals surface area contributed by atoms with Gasteiger partial charge in [0.25, 0.3) is 5.56 Å². The van der Waals surface area contributed by atoms with Gasteiger partial charge in [-0.1, -0.05) is 26.0 Å². The SMILES string of the molecule is CCCOC(OCCCl)n1c(-c2cnn(Cc3cccc(C(F)(F)F)c3)c2)nc2c1c(=O)n(CCC)c(=O)n2CC. The largest absolute Gasteiger partial charge is 0.416 e. The van der Waals surface area contributed by atoms with Gasteiger partial charge in [0.2, 0.25) is 6.41 Å². The van der Waals surface area contributed by atoms with Crippen molar-refractivity contribution in [2.45, 2.75) is 65.8 Å². The number of aryl methyl sites for hydroxylation is 1. The van der Waals surface area contributed by atoms with Crippen LogP contribution < -0.4 is 11.2 Å². The van der Waals surface area contributed by atoms with Crippen molar-refractivity contribution >= 4 is 22.8 Å². The van der Waals surface area contributed by atoms with Crippen LogP contribution in [0.15, 0.2) is 46.2 Å². The zero-order chi connectivity index (χ0) is 29.7. The molecule has 1 atom stereocenters. The van der Waals surface area contributed by atoms with Crippen LogP contribution in [0.2, 0.25) is 0 Å². The van der Waals surface area contributed by atoms with Gasteiger partial charge in [-0.05, 0) is 37.5 Å². The van der Waals surface area contributed by atoms with Gasteiger partial charge in [-0.15, -0.1) is 11.6 Å². The van der Waals surface area contributed by atoms with E-state index in [1.54, 1.807) is 19.2 Å². The van der Waals surface area contributed by atoms with Gasteiger partial charge in [0.15, 0.2) is 11.2 Å². The van der Waals surface area contributed by atoms with E-state index in [-0.39, 0.29) is 49.1 Å². The van der Waals surface area contributed by atoms with E-state index >= 15 is 0 Å². The summed E-state index contributed by atoms with van der Waals surface area (Å²) in [6, 6.07) is 5.01. The summed E-state index contributed by atoms with van der Waals surface area (Å²) in [5.74, 6) is 0.418. The average molecular weight is 597 g/mol. The molecule has 1 aromatic carbocycles. The molecule has 0 bridgehead atoms. The minimum absolute atomic E-state index is 0.0611. The highest BCUT2D eigenvalue weighted by molar-refractivity contribution is 6.17. The number of nitrogens with zero attached hydrogens (tertiary/aromatic N) is 6. The van der Waals surface area contributed by atoms with E-state index in [1.165, 1.54) is 30.6 Å². The normalized spacial score (nSPS) is 12.9. The van der Waals surface area contributed by atoms with Gasteiger partial charge in [-0.3, -0.25) is 23.2 Å². The molecule has 0 aliphatic rings. The molecule has 3 aromatic heterocycles. The second kappa shape index (κ2) is 13.0. The van der Waals surface area contributed by atoms with Crippen LogP contribution in [0.5, 0.6) is 0 Å². The summed E-state index contributed by atoms with van der Waals surface area (Å²) in [5, 5.41) is 4.33. The van der Waals surface area contributed by atoms with Crippen molar-refractivity contribution in [2.75, 3.05) is 19.1 Å². The molecule has 1 unspecified atom stereocenters. The standard InChI is InChI=1S/C27H32ClF3N6O4/c1-4-11-36-24(38)21-23(35(6-3)25(36)39)33-22(37(21)26(40-12-5-2)41-13-10-28)19-15-32-34(17-19)16-18-8-7-9-20(14-18)27(29,30)31/h7-9,14-15,17,26H,4-6,10-13,16H2,1-3H3. The Labute approximate surface area is 238 Å². The van der Waals surface area contributed by atoms with E-state index in [9.17, 15) is 22.8 Å². The molecule has 0 aliphatic heterocycles. The number of aromatic nitrogens is 6. The summed E-state index contributed by atoms with van der Waals surface area (Å²) in [7, 11) is 0. The highest BCUT2D eigenvalue weighted by Gasteiger charge is 2.31. The quantitative estimate of drug-likeness (QED) is 0.162. The van der Waals surface area contributed by atoms with Crippen molar-refractivity contribution in [3.8, 4) is 11.4 Å². The van der Waals surface area contributed by atoms with E-state index in [0.717, 1.165) is 12.1 Å². The molecule has 10 nitrogen and oxygen atoms in total. The molecule has 0 amide bonds. The van der Waals surface area contributed by atoms with Crippen molar-refractivity contribution < 1.29 is 22.6 Å². The molecule has 0 radical (unpaired) electrons. The van der Waals surface area contributed by atoms with Gasteiger partial charge < -0.3 is 9.47 Å². The van der Waals surface area contributed by atoms with E-state index in [2.05, 4.69) is 5.10 Å². The van der Waals surface area contributed by atoms with E-state index in [1.807, 2.05) is 13.8 Å². The lowest BCUT2D eigenvalue weighted by atomic mass is 10.1. The second-order valence-corrected chi connectivity index (χ2v) is 9.70. The number of halogens is 4. The smallest absolute Gasteiger partial charge is 0.335 e. The van der Waals surface area contributed by atoms with Crippen LogP contribution in [0.25, 0.3) is 22.6 Å². The molecule has 0 N–H and O–H groups in total. The minimum Gasteiger partial charge on any atom is -0.335 e. The fourth-order valence-corrected chi connectivity index (χ4v) is 4.62. The molecule has 0 aliphatic carbocycles. The minimum atomic E-state index is -4.47. The molecule has 222 valence electrons. The fraction of sp³-hybridized carbons (Fsp3) is 0.481. The first-order valence-corrected chi connectivity index (χ1v) is 13.9. The van der Waals surface area contributed by atoms with Gasteiger partial charge in [-0.25, -0.2) is 9.78 Å². The molecule has 4 rings (SSSR count). The van der Waals surface area contributed by atoms with Crippen LogP contribution in [0, 0.1) is 0 Å². The molecular formula is C27H32ClF3N6O4. The van der Waals surface area contributed by atoms with Crippen LogP contribution in [0.1, 0.15) is 51.2 Å². The summed E-state index contributed by atoms with van der Waals surface area (Å²) in [5.41, 5.74) is -0.630. The number of alkyl halides is 4. The molecule has 0 fully saturated rings. The lowest BCUT2D eigenvalue weighted by Crippen LogP contribution is -2.40. The predicted octanol–water partition coefficient (Wildman–Crippen LogP) is 4.86. The highest BCUT2D eigenvalue weighted by Crippen LogP contribution is 2.31. The first-order valence-electron chi connectivity index (χ1n) is 13.4. The lowest BCUT2D eigenvalue weighted by Gasteiger charge is -2.21. The van der Waals surface area contributed by atoms with Crippen molar-refractivity contribution in [3.63, 3.8) is 0 Å². The maximum atomic E-state index is 13.7. The fourth-order valence-electron chi connectivity index (χ4n) is 4.53. The number of rotatable bonds is 13. The van der Waals surface area contributed by atoms with Gasteiger partial charge in [0.1, 0.15) is 5.82 Å². The maximum Gasteiger partial charge on any atom is 0.416 e. The highest BCUT2D eigenvalue weighted by atomic mass is 35.5. The van der Waals surface area contributed by atoms with Crippen LogP contribution >= 0.6 is 11.6 Å². The molecule has 4 aromatic rings. The Bertz CT molecular complexity index is 1600. The lowest BCUT2D eigenvalue weighted by molar-refractivity contribution is -0.185. The third kappa shape index (κ3) is 6.41. The first kappa shape index (κ1) is 30.5. The van der Waals surface area contributed by atoms with Crippen LogP contribution in [-0.4, -0.2) is 47.6 Å². The van der Waals surface area contributed by atoms with Gasteiger partial charge in [0, 0.05) is 25.2 Å². The number of benzene rings is 1. The van der Waals surface area contributed by atoms with Gasteiger partial charge in [-0.2, -0.15) is 18.3 Å². The molecular weight excluding hydrogens is 565 g/mol. The Kier molecular flexibility index (Phi) is 9.72. The van der Waals surface area contributed by atoms with Crippen molar-refractivity contribution in [1.29, 1.82) is 0 Å². The maximum absolute atomic E-state index is 13.7. The molecule has 0 saturated heterocycles. The topological polar surface area (TPSA) is 98.1 Å². The zero-order valence-corrected chi connectivity index (χ0v) is 23.8. The molecule has 0 spiro atoms. The molecule has 14 heteroatoms. The predicted molar refractivity (Wildman–Crippen MR) is 148 cm³/mol. The summed E-state index contributed by atoms with van der Waals surface area (Å²) in [6.07, 6.45) is -1.24. The molecule has 3 heterocycles. The Morgan fingerprint density at radius 3 is 2.46 bits per heavy atom. The summed E-state index contributed by atoms with van der Waals surface area (Å²) >= 11 is 5.90. The van der Waals surface area contributed by atoms with E-state index in [0.29, 0.717) is 30.6 Å². The van der Waals surface area contributed by atoms with Crippen molar-refractivity contribution in [3.05, 3.63) is 68.6 Å². The van der Waals surface area contributed by atoms with Gasteiger partial charge in [0.05, 0.1) is 37.1 Å². The summed E-state index contributed by atoms with van der Waals surface area (Å²) in [4.78, 5) is 31.6. The van der Waals surface area contributed by atoms with Crippen LogP contribution in [-0.2, 0) is 35.3 Å². The third-order valence-corrected chi connectivity index (χ3v) is 6.48. The van der Waals surface area contributed by atoms with E-state index in [4.69, 9.17) is 26.1 Å². The first-order chi connectivity index (χ1) is 19.6. The zero-order valence-electron chi connectivity index (χ0n) is 23.0. The van der Waals surface area contributed by atoms with Crippen molar-refractivity contribution in [1.82, 2.24) is 28.5 Å². The number of hydrogen-bond donors (Lipinski definition) is 0. The summed E-state index contributed by atoms with van der Waals surface area (Å²) in [6.45, 7) is 6.52. The Morgan fingerprint density at radius 1 is 1.05 bits per heavy atom. The number of imidazole rings is 1. The van der Waals surface area contributed by atoms with Crippen molar-refractivity contribution in [2.24, 2.45) is 0 Å². The van der Waals surface area contributed by atoms with Gasteiger partial charge >= 0.3 is 11.9 Å². The molecule has 0 saturated carbocycles. The average Bonchev–Trinajstić information content (AvgIpc) is 3.56. The van der Waals surface area contributed by atoms with E-state index < -0.39 is 29.4 Å². The third-order valence-electron chi connectivity index (χ3n) is 6.32. The summed E-state index contributed by atoms with van der Waals surface area (Å²) < 4.78 is 57.1. The van der Waals surface area contributed by atoms with Crippen LogP contribution in [0.4, 0.5) is 13.2 Å². The Hall–Kier alpha value is -3.42. The number of fused-ring (bicyclic) bond motifs is 1. The Morgan fingerprint density at radius 2 is 1.80 bits per heavy atom. The number of hydrogen-bond acceptors (Lipinski definition) is 6. The van der Waals surface area contributed by atoms with Crippen LogP contribution in [0.3, 0.4) is 0 Å².